The monoisotopic (exact) mass is 328 g/mol. The molecular weight excluding hydrogens is 288 g/mol. The minimum atomic E-state index is 0.732. The van der Waals surface area contributed by atoms with Crippen molar-refractivity contribution in [3.05, 3.63) is 0 Å². The van der Waals surface area contributed by atoms with E-state index >= 15 is 0 Å². The van der Waals surface area contributed by atoms with Crippen molar-refractivity contribution in [2.75, 3.05) is 0 Å². The van der Waals surface area contributed by atoms with Crippen molar-refractivity contribution in [3.8, 4) is 0 Å². The normalized spacial score (nSPS) is 58.5. The molecule has 0 saturated heterocycles. The lowest BCUT2D eigenvalue weighted by atomic mass is 9.34. The molecule has 0 aliphatic heterocycles. The zero-order valence-corrected chi connectivity index (χ0v) is 16.8. The molecule has 8 atom stereocenters. The Balaban J connectivity index is 1.42. The van der Waals surface area contributed by atoms with Crippen LogP contribution in [0.4, 0.5) is 0 Å². The summed E-state index contributed by atoms with van der Waals surface area (Å²) in [6, 6.07) is 0. The fraction of sp³-hybridized carbons (Fsp3) is 1.00. The van der Waals surface area contributed by atoms with Crippen molar-refractivity contribution in [1.82, 2.24) is 0 Å². The van der Waals surface area contributed by atoms with Crippen LogP contribution in [0.3, 0.4) is 0 Å². The van der Waals surface area contributed by atoms with Crippen LogP contribution < -0.4 is 0 Å². The van der Waals surface area contributed by atoms with Crippen LogP contribution in [0, 0.1) is 45.3 Å². The van der Waals surface area contributed by atoms with Crippen LogP contribution in [0.2, 0.25) is 0 Å². The Morgan fingerprint density at radius 1 is 0.667 bits per heavy atom. The van der Waals surface area contributed by atoms with E-state index in [0.29, 0.717) is 0 Å². The van der Waals surface area contributed by atoms with E-state index in [9.17, 15) is 0 Å². The molecule has 5 rings (SSSR count). The Hall–Kier alpha value is 0. The molecule has 0 heteroatoms. The summed E-state index contributed by atoms with van der Waals surface area (Å²) in [4.78, 5) is 0. The zero-order valence-electron chi connectivity index (χ0n) is 16.8. The van der Waals surface area contributed by atoms with Crippen molar-refractivity contribution >= 4 is 0 Å². The van der Waals surface area contributed by atoms with E-state index in [1.54, 1.807) is 38.5 Å². The summed E-state index contributed by atoms with van der Waals surface area (Å²) in [7, 11) is 0. The van der Waals surface area contributed by atoms with E-state index in [1.165, 1.54) is 38.5 Å². The molecule has 5 saturated carbocycles. The molecule has 2 spiro atoms. The van der Waals surface area contributed by atoms with E-state index < -0.39 is 0 Å². The van der Waals surface area contributed by atoms with Crippen LogP contribution in [0.25, 0.3) is 0 Å². The Morgan fingerprint density at radius 3 is 1.46 bits per heavy atom. The van der Waals surface area contributed by atoms with Gasteiger partial charge < -0.3 is 0 Å². The predicted molar refractivity (Wildman–Crippen MR) is 102 cm³/mol. The highest BCUT2D eigenvalue weighted by Crippen LogP contribution is 3.08. The van der Waals surface area contributed by atoms with Gasteiger partial charge in [0.05, 0.1) is 0 Å². The minimum absolute atomic E-state index is 0.732. The maximum Gasteiger partial charge on any atom is -0.0109 e. The third kappa shape index (κ3) is 1.31. The molecule has 136 valence electrons. The van der Waals surface area contributed by atoms with E-state index in [1.807, 2.05) is 0 Å². The van der Waals surface area contributed by atoms with Crippen molar-refractivity contribution < 1.29 is 0 Å². The fourth-order valence-electron chi connectivity index (χ4n) is 10.5. The van der Waals surface area contributed by atoms with Crippen LogP contribution in [0.15, 0.2) is 0 Å². The molecule has 5 aliphatic rings. The van der Waals surface area contributed by atoms with Gasteiger partial charge in [0.1, 0.15) is 0 Å². The molecule has 5 aliphatic carbocycles. The first-order chi connectivity index (χ1) is 11.6. The number of rotatable bonds is 8. The summed E-state index contributed by atoms with van der Waals surface area (Å²) in [5.74, 6) is 4.61. The van der Waals surface area contributed by atoms with E-state index in [4.69, 9.17) is 0 Å². The van der Waals surface area contributed by atoms with Gasteiger partial charge in [-0.1, -0.05) is 66.2 Å². The molecule has 0 aromatic carbocycles. The molecule has 24 heavy (non-hydrogen) atoms. The van der Waals surface area contributed by atoms with Crippen molar-refractivity contribution in [3.63, 3.8) is 0 Å². The summed E-state index contributed by atoms with van der Waals surface area (Å²) in [5.41, 5.74) is 3.16. The van der Waals surface area contributed by atoms with Crippen LogP contribution in [0.5, 0.6) is 0 Å². The molecular formula is C24H40. The molecule has 0 nitrogen and oxygen atoms in total. The molecule has 0 amide bonds. The maximum atomic E-state index is 2.77. The van der Waals surface area contributed by atoms with Gasteiger partial charge in [-0.15, -0.1) is 0 Å². The molecule has 0 radical (unpaired) electrons. The highest BCUT2D eigenvalue weighted by Gasteiger charge is 3.03. The van der Waals surface area contributed by atoms with Gasteiger partial charge in [0, 0.05) is 0 Å². The molecule has 0 heterocycles. The van der Waals surface area contributed by atoms with Crippen molar-refractivity contribution in [2.24, 2.45) is 45.3 Å². The topological polar surface area (TPSA) is 0 Å². The smallest absolute Gasteiger partial charge is 0.0109 e. The van der Waals surface area contributed by atoms with Crippen molar-refractivity contribution in [2.45, 2.75) is 105 Å². The quantitative estimate of drug-likeness (QED) is 0.412. The summed E-state index contributed by atoms with van der Waals surface area (Å²) in [5, 5.41) is 0. The average molecular weight is 329 g/mol. The van der Waals surface area contributed by atoms with E-state index in [2.05, 4.69) is 27.7 Å². The first-order valence-electron chi connectivity index (χ1n) is 11.6. The summed E-state index contributed by atoms with van der Waals surface area (Å²) in [6.45, 7) is 10.3. The Kier molecular flexibility index (Phi) is 3.26. The van der Waals surface area contributed by atoms with Gasteiger partial charge in [-0.2, -0.15) is 0 Å². The van der Waals surface area contributed by atoms with Gasteiger partial charge in [0.25, 0.3) is 0 Å². The second-order valence-corrected chi connectivity index (χ2v) is 10.9. The van der Waals surface area contributed by atoms with Gasteiger partial charge in [-0.25, -0.2) is 0 Å². The largest absolute Gasteiger partial charge is 0.0654 e. The van der Waals surface area contributed by atoms with Gasteiger partial charge >= 0.3 is 0 Å². The zero-order chi connectivity index (χ0) is 16.8. The van der Waals surface area contributed by atoms with Gasteiger partial charge in [0.15, 0.2) is 0 Å². The lowest BCUT2D eigenvalue weighted by Gasteiger charge is -2.70. The lowest BCUT2D eigenvalue weighted by Crippen LogP contribution is -2.65. The van der Waals surface area contributed by atoms with Crippen LogP contribution in [-0.2, 0) is 0 Å². The van der Waals surface area contributed by atoms with Gasteiger partial charge in [-0.3, -0.25) is 0 Å². The first-order valence-corrected chi connectivity index (χ1v) is 11.6. The number of hydrogen-bond acceptors (Lipinski definition) is 0. The molecule has 0 N–H and O–H groups in total. The Bertz CT molecular complexity index is 488. The summed E-state index contributed by atoms with van der Waals surface area (Å²) >= 11 is 0. The third-order valence-corrected chi connectivity index (χ3v) is 11.0. The fourth-order valence-corrected chi connectivity index (χ4v) is 10.5. The number of hydrogen-bond donors (Lipinski definition) is 0. The molecule has 0 aromatic heterocycles. The summed E-state index contributed by atoms with van der Waals surface area (Å²) in [6.07, 6.45) is 18.3. The number of unbranched alkanes of at least 4 members (excludes halogenated alkanes) is 4. The van der Waals surface area contributed by atoms with Gasteiger partial charge in [0.2, 0.25) is 0 Å². The minimum Gasteiger partial charge on any atom is -0.0654 e. The SMILES string of the molecule is CCCCC[C@@H]1[C@@H]2CC[C@@]3(C)[C@]4(C)CC[C@H]5[C@@H](CCCCC)[C@]54[C@@]123. The Morgan fingerprint density at radius 2 is 1.08 bits per heavy atom. The first kappa shape index (κ1) is 16.2. The standard InChI is InChI=1S/C24H40/c1-5-7-9-11-17-19-13-15-21(3)22(4)16-14-20-18(12-10-8-6-2)24(20,22)23(17,19)21/h17-20H,5-16H2,1-4H3/t17-,18-,19+,20+,21+,22+,23+,24+/m1/s1. The molecule has 0 bridgehead atoms. The van der Waals surface area contributed by atoms with Crippen LogP contribution in [-0.4, -0.2) is 0 Å². The summed E-state index contributed by atoms with van der Waals surface area (Å²) < 4.78 is 0. The number of fused-ring (bicyclic) bond motifs is 1. The second kappa shape index (κ2) is 4.83. The van der Waals surface area contributed by atoms with Crippen LogP contribution >= 0.6 is 0 Å². The molecule has 5 fully saturated rings. The molecule has 0 unspecified atom stereocenters. The highest BCUT2D eigenvalue weighted by atomic mass is 15.1. The predicted octanol–water partition coefficient (Wildman–Crippen LogP) is 7.23. The Labute approximate surface area is 150 Å². The molecule has 0 aromatic rings. The van der Waals surface area contributed by atoms with Crippen molar-refractivity contribution in [1.29, 1.82) is 0 Å². The maximum absolute atomic E-state index is 2.77. The highest BCUT2D eigenvalue weighted by molar-refractivity contribution is 5.50. The lowest BCUT2D eigenvalue weighted by molar-refractivity contribution is -0.231. The third-order valence-electron chi connectivity index (χ3n) is 11.0. The van der Waals surface area contributed by atoms with E-state index in [0.717, 1.165) is 45.3 Å². The van der Waals surface area contributed by atoms with Gasteiger partial charge in [-0.05, 0) is 83.9 Å². The van der Waals surface area contributed by atoms with E-state index in [-0.39, 0.29) is 0 Å². The average Bonchev–Trinajstić information content (AvgIpc) is 3.36. The second-order valence-electron chi connectivity index (χ2n) is 10.9. The van der Waals surface area contributed by atoms with Crippen LogP contribution in [0.1, 0.15) is 105 Å².